The van der Waals surface area contributed by atoms with Crippen LogP contribution >= 0.6 is 0 Å². The number of H-pyrrole nitrogens is 1. The summed E-state index contributed by atoms with van der Waals surface area (Å²) in [5.74, 6) is -0.161. The fraction of sp³-hybridized carbons (Fsp3) is 0.385. The minimum Gasteiger partial charge on any atom is -0.357 e. The van der Waals surface area contributed by atoms with Gasteiger partial charge in [-0.3, -0.25) is 0 Å². The lowest BCUT2D eigenvalue weighted by atomic mass is 9.90. The van der Waals surface area contributed by atoms with Crippen molar-refractivity contribution in [2.75, 3.05) is 6.54 Å². The van der Waals surface area contributed by atoms with Crippen LogP contribution < -0.4 is 5.32 Å². The SMILES string of the molecule is CC1(C)NCCc2c1[nH]c1ccc(F)cc21. The average Bonchev–Trinajstić information content (AvgIpc) is 2.58. The first kappa shape index (κ1) is 9.85. The number of fused-ring (bicyclic) bond motifs is 3. The summed E-state index contributed by atoms with van der Waals surface area (Å²) in [6, 6.07) is 4.95. The summed E-state index contributed by atoms with van der Waals surface area (Å²) < 4.78 is 13.2. The van der Waals surface area contributed by atoms with E-state index in [0.29, 0.717) is 0 Å². The number of aromatic nitrogens is 1. The molecule has 2 heterocycles. The van der Waals surface area contributed by atoms with Gasteiger partial charge >= 0.3 is 0 Å². The molecular weight excluding hydrogens is 203 g/mol. The van der Waals surface area contributed by atoms with Crippen molar-refractivity contribution in [2.24, 2.45) is 0 Å². The van der Waals surface area contributed by atoms with Gasteiger partial charge in [-0.05, 0) is 44.0 Å². The van der Waals surface area contributed by atoms with Crippen molar-refractivity contribution in [3.63, 3.8) is 0 Å². The van der Waals surface area contributed by atoms with Crippen LogP contribution in [0, 0.1) is 5.82 Å². The van der Waals surface area contributed by atoms with Crippen molar-refractivity contribution in [3.05, 3.63) is 35.3 Å². The Labute approximate surface area is 93.9 Å². The van der Waals surface area contributed by atoms with E-state index in [4.69, 9.17) is 0 Å². The maximum absolute atomic E-state index is 13.2. The van der Waals surface area contributed by atoms with Gasteiger partial charge in [0.15, 0.2) is 0 Å². The average molecular weight is 218 g/mol. The molecule has 0 amide bonds. The highest BCUT2D eigenvalue weighted by molar-refractivity contribution is 5.85. The van der Waals surface area contributed by atoms with Crippen molar-refractivity contribution in [3.8, 4) is 0 Å². The highest BCUT2D eigenvalue weighted by atomic mass is 19.1. The number of halogens is 1. The van der Waals surface area contributed by atoms with E-state index in [1.807, 2.05) is 6.07 Å². The van der Waals surface area contributed by atoms with Gasteiger partial charge in [-0.25, -0.2) is 4.39 Å². The van der Waals surface area contributed by atoms with E-state index in [-0.39, 0.29) is 11.4 Å². The van der Waals surface area contributed by atoms with E-state index in [9.17, 15) is 4.39 Å². The van der Waals surface area contributed by atoms with Crippen LogP contribution in [0.1, 0.15) is 25.1 Å². The van der Waals surface area contributed by atoms with Crippen LogP contribution in [0.25, 0.3) is 10.9 Å². The maximum Gasteiger partial charge on any atom is 0.123 e. The second-order valence-electron chi connectivity index (χ2n) is 4.97. The van der Waals surface area contributed by atoms with Crippen LogP contribution in [0.15, 0.2) is 18.2 Å². The normalized spacial score (nSPS) is 18.7. The number of aromatic amines is 1. The predicted molar refractivity (Wildman–Crippen MR) is 63.0 cm³/mol. The van der Waals surface area contributed by atoms with Gasteiger partial charge in [0.1, 0.15) is 5.82 Å². The molecule has 3 rings (SSSR count). The maximum atomic E-state index is 13.2. The summed E-state index contributed by atoms with van der Waals surface area (Å²) >= 11 is 0. The zero-order chi connectivity index (χ0) is 11.3. The van der Waals surface area contributed by atoms with E-state index < -0.39 is 0 Å². The molecule has 0 aliphatic carbocycles. The molecule has 0 radical (unpaired) electrons. The summed E-state index contributed by atoms with van der Waals surface area (Å²) in [4.78, 5) is 3.40. The van der Waals surface area contributed by atoms with Crippen molar-refractivity contribution in [1.29, 1.82) is 0 Å². The van der Waals surface area contributed by atoms with Crippen molar-refractivity contribution in [1.82, 2.24) is 10.3 Å². The summed E-state index contributed by atoms with van der Waals surface area (Å²) in [5.41, 5.74) is 3.43. The summed E-state index contributed by atoms with van der Waals surface area (Å²) in [6.45, 7) is 5.25. The van der Waals surface area contributed by atoms with Crippen LogP contribution in [-0.4, -0.2) is 11.5 Å². The van der Waals surface area contributed by atoms with Gasteiger partial charge in [-0.2, -0.15) is 0 Å². The molecule has 16 heavy (non-hydrogen) atoms. The van der Waals surface area contributed by atoms with Gasteiger partial charge in [-0.1, -0.05) is 0 Å². The van der Waals surface area contributed by atoms with Gasteiger partial charge < -0.3 is 10.3 Å². The van der Waals surface area contributed by atoms with Crippen LogP contribution in [-0.2, 0) is 12.0 Å². The minimum atomic E-state index is -0.161. The number of rotatable bonds is 0. The molecule has 2 N–H and O–H groups in total. The molecule has 0 saturated carbocycles. The second-order valence-corrected chi connectivity index (χ2v) is 4.97. The summed E-state index contributed by atoms with van der Waals surface area (Å²) in [5, 5.41) is 4.50. The Morgan fingerprint density at radius 3 is 2.94 bits per heavy atom. The molecule has 1 aliphatic rings. The Balaban J connectivity index is 2.33. The van der Waals surface area contributed by atoms with Gasteiger partial charge in [0, 0.05) is 23.1 Å². The molecule has 0 atom stereocenters. The van der Waals surface area contributed by atoms with Crippen LogP contribution in [0.4, 0.5) is 4.39 Å². The first-order chi connectivity index (χ1) is 7.58. The molecule has 1 aliphatic heterocycles. The monoisotopic (exact) mass is 218 g/mol. The third-order valence-corrected chi connectivity index (χ3v) is 3.44. The standard InChI is InChI=1S/C13H15FN2/c1-13(2)12-9(5-6-15-13)10-7-8(14)3-4-11(10)16-12/h3-4,7,15-16H,5-6H2,1-2H3. The van der Waals surface area contributed by atoms with E-state index in [1.54, 1.807) is 6.07 Å². The fourth-order valence-electron chi connectivity index (χ4n) is 2.60. The van der Waals surface area contributed by atoms with Gasteiger partial charge in [0.05, 0.1) is 5.54 Å². The molecule has 1 aromatic carbocycles. The molecule has 0 saturated heterocycles. The topological polar surface area (TPSA) is 27.8 Å². The fourth-order valence-corrected chi connectivity index (χ4v) is 2.60. The molecule has 0 fully saturated rings. The Bertz CT molecular complexity index is 554. The third kappa shape index (κ3) is 1.28. The Kier molecular flexibility index (Phi) is 1.89. The van der Waals surface area contributed by atoms with Gasteiger partial charge in [0.2, 0.25) is 0 Å². The van der Waals surface area contributed by atoms with Crippen molar-refractivity contribution < 1.29 is 4.39 Å². The summed E-state index contributed by atoms with van der Waals surface area (Å²) in [7, 11) is 0. The largest absolute Gasteiger partial charge is 0.357 e. The first-order valence-electron chi connectivity index (χ1n) is 5.63. The molecule has 84 valence electrons. The molecule has 0 bridgehead atoms. The Hall–Kier alpha value is -1.35. The number of hydrogen-bond acceptors (Lipinski definition) is 1. The number of nitrogens with one attached hydrogen (secondary N) is 2. The van der Waals surface area contributed by atoms with E-state index in [2.05, 4.69) is 24.1 Å². The van der Waals surface area contributed by atoms with E-state index in [1.165, 1.54) is 17.3 Å². The molecule has 3 heteroatoms. The highest BCUT2D eigenvalue weighted by Crippen LogP contribution is 2.33. The molecule has 0 spiro atoms. The molecular formula is C13H15FN2. The third-order valence-electron chi connectivity index (χ3n) is 3.44. The quantitative estimate of drug-likeness (QED) is 0.699. The van der Waals surface area contributed by atoms with Gasteiger partial charge in [0.25, 0.3) is 0 Å². The lowest BCUT2D eigenvalue weighted by molar-refractivity contribution is 0.374. The molecule has 2 nitrogen and oxygen atoms in total. The lowest BCUT2D eigenvalue weighted by Gasteiger charge is -2.31. The first-order valence-corrected chi connectivity index (χ1v) is 5.63. The lowest BCUT2D eigenvalue weighted by Crippen LogP contribution is -2.42. The second kappa shape index (κ2) is 3.08. The zero-order valence-electron chi connectivity index (χ0n) is 9.52. The van der Waals surface area contributed by atoms with Crippen LogP contribution in [0.5, 0.6) is 0 Å². The number of benzene rings is 1. The number of hydrogen-bond donors (Lipinski definition) is 2. The van der Waals surface area contributed by atoms with Crippen molar-refractivity contribution >= 4 is 10.9 Å². The van der Waals surface area contributed by atoms with Crippen LogP contribution in [0.2, 0.25) is 0 Å². The Morgan fingerprint density at radius 2 is 2.12 bits per heavy atom. The van der Waals surface area contributed by atoms with E-state index in [0.717, 1.165) is 23.9 Å². The molecule has 2 aromatic rings. The van der Waals surface area contributed by atoms with E-state index >= 15 is 0 Å². The summed E-state index contributed by atoms with van der Waals surface area (Å²) in [6.07, 6.45) is 0.961. The van der Waals surface area contributed by atoms with Crippen LogP contribution in [0.3, 0.4) is 0 Å². The zero-order valence-corrected chi connectivity index (χ0v) is 9.52. The highest BCUT2D eigenvalue weighted by Gasteiger charge is 2.29. The Morgan fingerprint density at radius 1 is 1.31 bits per heavy atom. The predicted octanol–water partition coefficient (Wildman–Crippen LogP) is 2.69. The minimum absolute atomic E-state index is 0.0525. The molecule has 0 unspecified atom stereocenters. The van der Waals surface area contributed by atoms with Gasteiger partial charge in [-0.15, -0.1) is 0 Å². The van der Waals surface area contributed by atoms with Crippen molar-refractivity contribution in [2.45, 2.75) is 25.8 Å². The molecule has 1 aromatic heterocycles. The smallest absolute Gasteiger partial charge is 0.123 e.